The Hall–Kier alpha value is -4.80. The van der Waals surface area contributed by atoms with E-state index >= 15 is 0 Å². The van der Waals surface area contributed by atoms with Gasteiger partial charge < -0.3 is 19.0 Å². The highest BCUT2D eigenvalue weighted by atomic mass is 19.3. The Kier molecular flexibility index (Phi) is 9.91. The molecule has 3 fully saturated rings. The zero-order chi connectivity index (χ0) is 36.6. The Morgan fingerprint density at radius 2 is 1.57 bits per heavy atom. The fourth-order valence-corrected chi connectivity index (χ4v) is 8.02. The van der Waals surface area contributed by atoms with Crippen molar-refractivity contribution >= 4 is 17.1 Å². The van der Waals surface area contributed by atoms with Crippen molar-refractivity contribution in [3.8, 4) is 45.2 Å². The van der Waals surface area contributed by atoms with Crippen molar-refractivity contribution in [3.63, 3.8) is 0 Å². The minimum absolute atomic E-state index is 0.0469. The average Bonchev–Trinajstić information content (AvgIpc) is 3.44. The van der Waals surface area contributed by atoms with E-state index in [2.05, 4.69) is 54.3 Å². The van der Waals surface area contributed by atoms with Crippen LogP contribution in [0.4, 0.5) is 8.78 Å². The molecule has 10 heteroatoms. The summed E-state index contributed by atoms with van der Waals surface area (Å²) < 4.78 is 44.6. The lowest BCUT2D eigenvalue weighted by Crippen LogP contribution is -2.35. The van der Waals surface area contributed by atoms with E-state index in [-0.39, 0.29) is 12.3 Å². The molecular weight excluding hydrogens is 676 g/mol. The predicted molar refractivity (Wildman–Crippen MR) is 200 cm³/mol. The number of halogens is 2. The molecule has 8 nitrogen and oxygen atoms in total. The highest BCUT2D eigenvalue weighted by molar-refractivity contribution is 5.85. The maximum Gasteiger partial charge on any atom is 0.387 e. The Balaban J connectivity index is 1.11. The van der Waals surface area contributed by atoms with Crippen LogP contribution in [0.25, 0.3) is 44.8 Å². The summed E-state index contributed by atoms with van der Waals surface area (Å²) in [6.07, 6.45) is 6.22. The molecule has 0 radical (unpaired) electrons. The molecule has 2 aliphatic heterocycles. The van der Waals surface area contributed by atoms with Crippen molar-refractivity contribution in [2.45, 2.75) is 78.1 Å². The molecule has 3 heterocycles. The largest absolute Gasteiger partial charge is 0.493 e. The van der Waals surface area contributed by atoms with Crippen LogP contribution in [0.15, 0.2) is 71.1 Å². The van der Waals surface area contributed by atoms with E-state index in [1.54, 1.807) is 11.0 Å². The topological polar surface area (TPSA) is 88.3 Å². The summed E-state index contributed by atoms with van der Waals surface area (Å²) in [5.74, 6) is 1.04. The summed E-state index contributed by atoms with van der Waals surface area (Å²) in [6, 6.07) is 21.5. The number of benzene rings is 4. The zero-order valence-corrected chi connectivity index (χ0v) is 30.2. The normalized spacial score (nSPS) is 18.0. The van der Waals surface area contributed by atoms with Gasteiger partial charge >= 0.3 is 12.6 Å². The van der Waals surface area contributed by atoms with E-state index in [4.69, 9.17) is 18.9 Å². The van der Waals surface area contributed by atoms with Crippen molar-refractivity contribution in [2.75, 3.05) is 26.2 Å². The number of carboxylic acids is 1. The summed E-state index contributed by atoms with van der Waals surface area (Å²) in [4.78, 5) is 20.9. The molecule has 1 atom stereocenters. The van der Waals surface area contributed by atoms with Gasteiger partial charge in [0.1, 0.15) is 23.1 Å². The number of hydrogen-bond donors (Lipinski definition) is 1. The number of alkyl halides is 2. The first-order valence-electron chi connectivity index (χ1n) is 18.8. The molecule has 2 saturated heterocycles. The van der Waals surface area contributed by atoms with Crippen molar-refractivity contribution < 1.29 is 32.6 Å². The fourth-order valence-electron chi connectivity index (χ4n) is 8.02. The summed E-state index contributed by atoms with van der Waals surface area (Å²) in [7, 11) is 0. The number of rotatable bonds is 13. The van der Waals surface area contributed by atoms with Gasteiger partial charge in [-0.2, -0.15) is 8.78 Å². The van der Waals surface area contributed by atoms with Gasteiger partial charge in [0, 0.05) is 35.8 Å². The van der Waals surface area contributed by atoms with Crippen LogP contribution in [0.1, 0.15) is 60.8 Å². The second kappa shape index (κ2) is 14.9. The van der Waals surface area contributed by atoms with Gasteiger partial charge in [0.05, 0.1) is 6.61 Å². The van der Waals surface area contributed by atoms with Crippen molar-refractivity contribution in [1.82, 2.24) is 14.8 Å². The maximum absolute atomic E-state index is 13.5. The van der Waals surface area contributed by atoms with E-state index in [0.717, 1.165) is 77.4 Å². The number of nitrogens with zero attached hydrogens (tertiary/aromatic N) is 3. The van der Waals surface area contributed by atoms with Gasteiger partial charge in [0.15, 0.2) is 5.58 Å². The minimum Gasteiger partial charge on any atom is -0.493 e. The first kappa shape index (κ1) is 35.2. The average molecular weight is 722 g/mol. The third kappa shape index (κ3) is 7.53. The molecule has 0 spiro atoms. The first-order valence-corrected chi connectivity index (χ1v) is 18.8. The Morgan fingerprint density at radius 1 is 0.849 bits per heavy atom. The number of hydrogen-bond acceptors (Lipinski definition) is 7. The number of carboxylic acid groups (broad SMARTS) is 1. The van der Waals surface area contributed by atoms with Crippen LogP contribution in [0.2, 0.25) is 0 Å². The number of likely N-dealkylation sites (tertiary alicyclic amines) is 2. The van der Waals surface area contributed by atoms with Gasteiger partial charge in [-0.05, 0) is 130 Å². The van der Waals surface area contributed by atoms with Crippen LogP contribution in [-0.2, 0) is 17.9 Å². The number of aromatic nitrogens is 1. The van der Waals surface area contributed by atoms with Gasteiger partial charge in [-0.15, -0.1) is 0 Å². The second-order valence-corrected chi connectivity index (χ2v) is 14.8. The van der Waals surface area contributed by atoms with Gasteiger partial charge in [-0.3, -0.25) is 14.6 Å². The standard InChI is InChI=1S/C43H45F2N3O5/c1-26-32(29-15-16-30(23-47-17-3-4-18-47)38(21-29)51-25-28-13-14-28)8-5-9-33(26)34-10-6-11-35(27(34)2)41-46-36-20-31(24-48-19-7-12-37(48)42(49)50)39(53-43(44)45)22-40(36)52-41/h5-6,8-11,15-16,20-22,28,37,43H,3-4,7,12-14,17-19,23-25H2,1-2H3,(H,49,50)/t37-/m0/s1. The summed E-state index contributed by atoms with van der Waals surface area (Å²) in [6.45, 7) is 5.80. The minimum atomic E-state index is -3.05. The first-order chi connectivity index (χ1) is 25.7. The smallest absolute Gasteiger partial charge is 0.387 e. The van der Waals surface area contributed by atoms with Crippen molar-refractivity contribution in [3.05, 3.63) is 89.0 Å². The van der Waals surface area contributed by atoms with E-state index < -0.39 is 18.6 Å². The quantitative estimate of drug-likeness (QED) is 0.129. The van der Waals surface area contributed by atoms with Gasteiger partial charge in [-0.1, -0.05) is 42.5 Å². The van der Waals surface area contributed by atoms with Crippen molar-refractivity contribution in [1.29, 1.82) is 0 Å². The third-order valence-corrected chi connectivity index (χ3v) is 11.1. The van der Waals surface area contributed by atoms with E-state index in [9.17, 15) is 18.7 Å². The maximum atomic E-state index is 13.5. The monoisotopic (exact) mass is 721 g/mol. The number of aliphatic carboxylic acids is 1. The molecule has 53 heavy (non-hydrogen) atoms. The molecule has 3 aliphatic rings. The number of ether oxygens (including phenoxy) is 2. The fraction of sp³-hybridized carbons (Fsp3) is 0.395. The Labute approximate surface area is 308 Å². The molecule has 4 aromatic carbocycles. The number of fused-ring (bicyclic) bond motifs is 1. The lowest BCUT2D eigenvalue weighted by atomic mass is 9.89. The van der Waals surface area contributed by atoms with Gasteiger partial charge in [0.25, 0.3) is 0 Å². The Morgan fingerprint density at radius 3 is 2.28 bits per heavy atom. The molecule has 276 valence electrons. The molecule has 1 saturated carbocycles. The van der Waals surface area contributed by atoms with Crippen LogP contribution in [0.5, 0.6) is 11.5 Å². The summed E-state index contributed by atoms with van der Waals surface area (Å²) >= 11 is 0. The van der Waals surface area contributed by atoms with Crippen molar-refractivity contribution in [2.24, 2.45) is 5.92 Å². The van der Waals surface area contributed by atoms with Crippen LogP contribution in [0.3, 0.4) is 0 Å². The predicted octanol–water partition coefficient (Wildman–Crippen LogP) is 9.48. The van der Waals surface area contributed by atoms with Crippen LogP contribution in [0, 0.1) is 19.8 Å². The summed E-state index contributed by atoms with van der Waals surface area (Å²) in [5, 5.41) is 9.67. The lowest BCUT2D eigenvalue weighted by molar-refractivity contribution is -0.142. The highest BCUT2D eigenvalue weighted by Gasteiger charge is 2.32. The van der Waals surface area contributed by atoms with Crippen LogP contribution in [-0.4, -0.2) is 64.8 Å². The Bertz CT molecular complexity index is 2140. The molecule has 0 bridgehead atoms. The van der Waals surface area contributed by atoms with E-state index in [1.165, 1.54) is 37.3 Å². The van der Waals surface area contributed by atoms with Crippen LogP contribution >= 0.6 is 0 Å². The van der Waals surface area contributed by atoms with E-state index in [1.807, 2.05) is 19.1 Å². The molecule has 1 aromatic heterocycles. The third-order valence-electron chi connectivity index (χ3n) is 11.1. The molecule has 1 N–H and O–H groups in total. The second-order valence-electron chi connectivity index (χ2n) is 14.8. The lowest BCUT2D eigenvalue weighted by Gasteiger charge is -2.22. The van der Waals surface area contributed by atoms with Gasteiger partial charge in [-0.25, -0.2) is 4.98 Å². The molecule has 0 amide bonds. The molecule has 1 aliphatic carbocycles. The number of oxazole rings is 1. The molecular formula is C43H45F2N3O5. The SMILES string of the molecule is Cc1c(-c2ccc(CN3CCCC3)c(OCC3CC3)c2)cccc1-c1cccc(-c2nc3cc(CN4CCC[C@H]4C(=O)O)c(OC(F)F)cc3o2)c1C. The zero-order valence-electron chi connectivity index (χ0n) is 30.2. The highest BCUT2D eigenvalue weighted by Crippen LogP contribution is 2.40. The molecule has 0 unspecified atom stereocenters. The summed E-state index contributed by atoms with van der Waals surface area (Å²) in [5.41, 5.74) is 9.77. The molecule has 5 aromatic rings. The van der Waals surface area contributed by atoms with Gasteiger partial charge in [0.2, 0.25) is 5.89 Å². The van der Waals surface area contributed by atoms with E-state index in [0.29, 0.717) is 41.4 Å². The molecule has 8 rings (SSSR count). The van der Waals surface area contributed by atoms with Crippen LogP contribution < -0.4 is 9.47 Å². The number of carbonyl (C=O) groups is 1.